The second-order valence-electron chi connectivity index (χ2n) is 6.83. The zero-order chi connectivity index (χ0) is 19.6. The van der Waals surface area contributed by atoms with Crippen LogP contribution in [0.15, 0.2) is 24.3 Å². The van der Waals surface area contributed by atoms with Crippen molar-refractivity contribution in [2.75, 3.05) is 23.4 Å². The summed E-state index contributed by atoms with van der Waals surface area (Å²) in [4.78, 5) is 12.5. The monoisotopic (exact) mass is 391 g/mol. The average molecular weight is 391 g/mol. The maximum absolute atomic E-state index is 12.5. The number of nitrogens with one attached hydrogen (secondary N) is 1. The Morgan fingerprint density at radius 3 is 2.59 bits per heavy atom. The molecule has 1 aromatic heterocycles. The largest absolute Gasteiger partial charge is 0.494 e. The highest BCUT2D eigenvalue weighted by Gasteiger charge is 2.31. The van der Waals surface area contributed by atoms with Crippen molar-refractivity contribution in [2.45, 2.75) is 39.7 Å². The van der Waals surface area contributed by atoms with Crippen molar-refractivity contribution < 1.29 is 17.9 Å². The summed E-state index contributed by atoms with van der Waals surface area (Å²) < 4.78 is 30.7. The minimum absolute atomic E-state index is 0.118. The number of amides is 1. The minimum atomic E-state index is -2.99. The van der Waals surface area contributed by atoms with Gasteiger partial charge < -0.3 is 10.1 Å². The van der Waals surface area contributed by atoms with Gasteiger partial charge in [0.05, 0.1) is 36.3 Å². The van der Waals surface area contributed by atoms with Crippen molar-refractivity contribution in [3.8, 4) is 5.75 Å². The normalized spacial score (nSPS) is 18.4. The molecule has 1 aromatic carbocycles. The van der Waals surface area contributed by atoms with E-state index in [4.69, 9.17) is 4.74 Å². The zero-order valence-corrected chi connectivity index (χ0v) is 16.7. The molecule has 1 N–H and O–H groups in total. The van der Waals surface area contributed by atoms with Crippen LogP contribution in [0.25, 0.3) is 0 Å². The average Bonchev–Trinajstić information content (AvgIpc) is 3.10. The maximum atomic E-state index is 12.5. The molecule has 8 heteroatoms. The third-order valence-corrected chi connectivity index (χ3v) is 6.57. The molecule has 1 aliphatic rings. The molecule has 1 fully saturated rings. The van der Waals surface area contributed by atoms with Gasteiger partial charge in [0.2, 0.25) is 5.91 Å². The van der Waals surface area contributed by atoms with E-state index >= 15 is 0 Å². The summed E-state index contributed by atoms with van der Waals surface area (Å²) in [6.45, 7) is 6.26. The molecule has 0 spiro atoms. The molecule has 3 rings (SSSR count). The first-order chi connectivity index (χ1) is 12.8. The van der Waals surface area contributed by atoms with Crippen LogP contribution in [0, 0.1) is 13.8 Å². The first kappa shape index (κ1) is 19.4. The molecule has 0 saturated carbocycles. The van der Waals surface area contributed by atoms with Gasteiger partial charge in [0.15, 0.2) is 9.84 Å². The fourth-order valence-corrected chi connectivity index (χ4v) is 5.14. The Morgan fingerprint density at radius 2 is 2.00 bits per heavy atom. The van der Waals surface area contributed by atoms with E-state index in [2.05, 4.69) is 10.4 Å². The van der Waals surface area contributed by atoms with Gasteiger partial charge in [0.1, 0.15) is 5.75 Å². The smallest absolute Gasteiger partial charge is 0.228 e. The van der Waals surface area contributed by atoms with Crippen molar-refractivity contribution in [3.05, 3.63) is 41.2 Å². The van der Waals surface area contributed by atoms with Crippen LogP contribution < -0.4 is 10.1 Å². The third-order valence-electron chi connectivity index (χ3n) is 4.82. The highest BCUT2D eigenvalue weighted by Crippen LogP contribution is 2.27. The Kier molecular flexibility index (Phi) is 5.55. The second kappa shape index (κ2) is 7.72. The van der Waals surface area contributed by atoms with Crippen LogP contribution in [0.1, 0.15) is 36.3 Å². The molecule has 1 atom stereocenters. The Labute approximate surface area is 159 Å². The van der Waals surface area contributed by atoms with E-state index in [1.165, 1.54) is 0 Å². The van der Waals surface area contributed by atoms with E-state index < -0.39 is 9.84 Å². The third kappa shape index (κ3) is 4.50. The number of aryl methyl sites for hydroxylation is 1. The lowest BCUT2D eigenvalue weighted by Gasteiger charge is -2.11. The van der Waals surface area contributed by atoms with Gasteiger partial charge >= 0.3 is 0 Å². The molecule has 1 saturated heterocycles. The zero-order valence-electron chi connectivity index (χ0n) is 15.9. The first-order valence-electron chi connectivity index (χ1n) is 9.07. The Balaban J connectivity index is 1.69. The van der Waals surface area contributed by atoms with Crippen LogP contribution in [-0.4, -0.2) is 42.2 Å². The molecule has 0 aliphatic carbocycles. The summed E-state index contributed by atoms with van der Waals surface area (Å²) in [6, 6.07) is 7.09. The number of hydrogen-bond donors (Lipinski definition) is 1. The topological polar surface area (TPSA) is 90.3 Å². The van der Waals surface area contributed by atoms with E-state index in [0.29, 0.717) is 18.7 Å². The van der Waals surface area contributed by atoms with Crippen molar-refractivity contribution in [1.82, 2.24) is 9.78 Å². The van der Waals surface area contributed by atoms with E-state index in [1.54, 1.807) is 16.8 Å². The summed E-state index contributed by atoms with van der Waals surface area (Å²) >= 11 is 0. The van der Waals surface area contributed by atoms with Crippen LogP contribution in [0.3, 0.4) is 0 Å². The van der Waals surface area contributed by atoms with E-state index in [1.807, 2.05) is 32.9 Å². The van der Waals surface area contributed by atoms with Gasteiger partial charge in [-0.25, -0.2) is 8.42 Å². The molecule has 0 radical (unpaired) electrons. The van der Waals surface area contributed by atoms with Crippen LogP contribution in [0.4, 0.5) is 5.69 Å². The molecule has 1 unspecified atom stereocenters. The SMILES string of the molecule is CCOc1ccc(NC(=O)Cc2c(C)nn(C3CCS(=O)(=O)C3)c2C)cc1. The van der Waals surface area contributed by atoms with Crippen LogP contribution in [0.2, 0.25) is 0 Å². The number of nitrogens with zero attached hydrogens (tertiary/aromatic N) is 2. The molecule has 1 amide bonds. The number of carbonyl (C=O) groups is 1. The fraction of sp³-hybridized carbons (Fsp3) is 0.474. The predicted octanol–water partition coefficient (Wildman–Crippen LogP) is 2.44. The first-order valence-corrected chi connectivity index (χ1v) is 10.9. The molecule has 1 aliphatic heterocycles. The summed E-state index contributed by atoms with van der Waals surface area (Å²) in [5.41, 5.74) is 3.17. The number of carbonyl (C=O) groups excluding carboxylic acids is 1. The van der Waals surface area contributed by atoms with Crippen molar-refractivity contribution in [2.24, 2.45) is 0 Å². The van der Waals surface area contributed by atoms with E-state index in [-0.39, 0.29) is 29.9 Å². The molecular formula is C19H25N3O4S. The number of hydrogen-bond acceptors (Lipinski definition) is 5. The summed E-state index contributed by atoms with van der Waals surface area (Å²) in [7, 11) is -2.99. The standard InChI is InChI=1S/C19H25N3O4S/c1-4-26-17-7-5-15(6-8-17)20-19(23)11-18-13(2)21-22(14(18)3)16-9-10-27(24,25)12-16/h5-8,16H,4,9-12H2,1-3H3,(H,20,23). The lowest BCUT2D eigenvalue weighted by atomic mass is 10.1. The molecule has 0 bridgehead atoms. The number of sulfone groups is 1. The number of aromatic nitrogens is 2. The Morgan fingerprint density at radius 1 is 1.30 bits per heavy atom. The van der Waals surface area contributed by atoms with Crippen LogP contribution in [-0.2, 0) is 21.1 Å². The summed E-state index contributed by atoms with van der Waals surface area (Å²) in [5.74, 6) is 0.940. The van der Waals surface area contributed by atoms with Gasteiger partial charge in [-0.3, -0.25) is 9.48 Å². The molecule has 27 heavy (non-hydrogen) atoms. The van der Waals surface area contributed by atoms with E-state index in [9.17, 15) is 13.2 Å². The number of anilines is 1. The second-order valence-corrected chi connectivity index (χ2v) is 9.06. The van der Waals surface area contributed by atoms with Gasteiger partial charge in [-0.2, -0.15) is 5.10 Å². The van der Waals surface area contributed by atoms with Gasteiger partial charge in [0, 0.05) is 16.9 Å². The number of rotatable bonds is 6. The van der Waals surface area contributed by atoms with Crippen molar-refractivity contribution in [1.29, 1.82) is 0 Å². The summed E-state index contributed by atoms with van der Waals surface area (Å²) in [5, 5.41) is 7.38. The fourth-order valence-electron chi connectivity index (χ4n) is 3.44. The molecule has 2 heterocycles. The maximum Gasteiger partial charge on any atom is 0.228 e. The van der Waals surface area contributed by atoms with E-state index in [0.717, 1.165) is 22.7 Å². The van der Waals surface area contributed by atoms with Gasteiger partial charge in [-0.1, -0.05) is 0 Å². The molecule has 7 nitrogen and oxygen atoms in total. The highest BCUT2D eigenvalue weighted by molar-refractivity contribution is 7.91. The minimum Gasteiger partial charge on any atom is -0.494 e. The molecular weight excluding hydrogens is 366 g/mol. The quantitative estimate of drug-likeness (QED) is 0.817. The van der Waals surface area contributed by atoms with Gasteiger partial charge in [-0.15, -0.1) is 0 Å². The van der Waals surface area contributed by atoms with Crippen molar-refractivity contribution >= 4 is 21.4 Å². The van der Waals surface area contributed by atoms with Crippen molar-refractivity contribution in [3.63, 3.8) is 0 Å². The molecule has 146 valence electrons. The van der Waals surface area contributed by atoms with Gasteiger partial charge in [0.25, 0.3) is 0 Å². The molecule has 2 aromatic rings. The Bertz CT molecular complexity index is 933. The lowest BCUT2D eigenvalue weighted by Crippen LogP contribution is -2.16. The van der Waals surface area contributed by atoms with Crippen LogP contribution >= 0.6 is 0 Å². The summed E-state index contributed by atoms with van der Waals surface area (Å²) in [6.07, 6.45) is 0.770. The predicted molar refractivity (Wildman–Crippen MR) is 104 cm³/mol. The highest BCUT2D eigenvalue weighted by atomic mass is 32.2. The Hall–Kier alpha value is -2.35. The number of benzene rings is 1. The number of ether oxygens (including phenoxy) is 1. The van der Waals surface area contributed by atoms with Gasteiger partial charge in [-0.05, 0) is 51.5 Å². The van der Waals surface area contributed by atoms with Crippen LogP contribution in [0.5, 0.6) is 5.75 Å². The lowest BCUT2D eigenvalue weighted by molar-refractivity contribution is -0.115.